The molecule has 0 bridgehead atoms. The summed E-state index contributed by atoms with van der Waals surface area (Å²) in [4.78, 5) is 6.59. The second kappa shape index (κ2) is 7.03. The van der Waals surface area contributed by atoms with Gasteiger partial charge in [0, 0.05) is 25.0 Å². The first-order valence-corrected chi connectivity index (χ1v) is 8.14. The molecule has 0 saturated carbocycles. The van der Waals surface area contributed by atoms with Gasteiger partial charge in [0.25, 0.3) is 0 Å². The maximum absolute atomic E-state index is 9.66. The van der Waals surface area contributed by atoms with Crippen LogP contribution in [0.5, 0.6) is 0 Å². The van der Waals surface area contributed by atoms with Crippen LogP contribution >= 0.6 is 0 Å². The molecule has 1 N–H and O–H groups in total. The first-order valence-electron chi connectivity index (χ1n) is 8.14. The number of nitrogens with zero attached hydrogens (tertiary/aromatic N) is 2. The van der Waals surface area contributed by atoms with Crippen LogP contribution in [0, 0.1) is 0 Å². The molecule has 2 atom stereocenters. The van der Waals surface area contributed by atoms with E-state index in [1.54, 1.807) is 0 Å². The van der Waals surface area contributed by atoms with Gasteiger partial charge >= 0.3 is 0 Å². The van der Waals surface area contributed by atoms with Gasteiger partial charge in [-0.15, -0.1) is 0 Å². The molecule has 2 heterocycles. The minimum Gasteiger partial charge on any atom is -0.393 e. The SMILES string of the molecule is CC(O)CC1CCCN1Cc1cccc(-c2ccncc2)c1. The largest absolute Gasteiger partial charge is 0.393 e. The predicted molar refractivity (Wildman–Crippen MR) is 89.4 cm³/mol. The number of hydrogen-bond acceptors (Lipinski definition) is 3. The highest BCUT2D eigenvalue weighted by Gasteiger charge is 2.25. The summed E-state index contributed by atoms with van der Waals surface area (Å²) < 4.78 is 0. The van der Waals surface area contributed by atoms with E-state index in [1.807, 2.05) is 31.5 Å². The number of benzene rings is 1. The molecule has 116 valence electrons. The quantitative estimate of drug-likeness (QED) is 0.917. The summed E-state index contributed by atoms with van der Waals surface area (Å²) in [5.41, 5.74) is 3.79. The number of likely N-dealkylation sites (tertiary alicyclic amines) is 1. The Morgan fingerprint density at radius 1 is 1.23 bits per heavy atom. The van der Waals surface area contributed by atoms with Gasteiger partial charge in [-0.1, -0.05) is 18.2 Å². The Bertz CT molecular complexity index is 597. The van der Waals surface area contributed by atoms with E-state index in [0.29, 0.717) is 6.04 Å². The van der Waals surface area contributed by atoms with Gasteiger partial charge in [0.2, 0.25) is 0 Å². The van der Waals surface area contributed by atoms with E-state index in [2.05, 4.69) is 34.1 Å². The van der Waals surface area contributed by atoms with E-state index in [-0.39, 0.29) is 6.10 Å². The Labute approximate surface area is 132 Å². The molecule has 22 heavy (non-hydrogen) atoms. The van der Waals surface area contributed by atoms with Crippen LogP contribution in [0.15, 0.2) is 48.8 Å². The Morgan fingerprint density at radius 3 is 2.82 bits per heavy atom. The van der Waals surface area contributed by atoms with Crippen molar-refractivity contribution in [1.82, 2.24) is 9.88 Å². The third-order valence-corrected chi connectivity index (χ3v) is 4.44. The van der Waals surface area contributed by atoms with Crippen LogP contribution in [0.25, 0.3) is 11.1 Å². The minimum atomic E-state index is -0.214. The van der Waals surface area contributed by atoms with E-state index >= 15 is 0 Å². The second-order valence-corrected chi connectivity index (χ2v) is 6.29. The lowest BCUT2D eigenvalue weighted by atomic mass is 10.0. The highest BCUT2D eigenvalue weighted by Crippen LogP contribution is 2.25. The molecule has 1 aliphatic heterocycles. The summed E-state index contributed by atoms with van der Waals surface area (Å²) in [5, 5.41) is 9.66. The molecular weight excluding hydrogens is 272 g/mol. The molecule has 2 aromatic rings. The van der Waals surface area contributed by atoms with Crippen LogP contribution in [-0.4, -0.2) is 33.7 Å². The van der Waals surface area contributed by atoms with Gasteiger partial charge in [0.1, 0.15) is 0 Å². The molecule has 0 amide bonds. The van der Waals surface area contributed by atoms with Crippen molar-refractivity contribution < 1.29 is 5.11 Å². The zero-order valence-corrected chi connectivity index (χ0v) is 13.2. The highest BCUT2D eigenvalue weighted by molar-refractivity contribution is 5.63. The van der Waals surface area contributed by atoms with E-state index in [0.717, 1.165) is 19.5 Å². The zero-order valence-electron chi connectivity index (χ0n) is 13.2. The zero-order chi connectivity index (χ0) is 15.4. The van der Waals surface area contributed by atoms with Gasteiger partial charge in [0.15, 0.2) is 0 Å². The standard InChI is InChI=1S/C19H24N2O/c1-15(22)12-19-6-3-11-21(19)14-16-4-2-5-18(13-16)17-7-9-20-10-8-17/h2,4-5,7-10,13,15,19,22H,3,6,11-12,14H2,1H3. The van der Waals surface area contributed by atoms with Crippen molar-refractivity contribution in [1.29, 1.82) is 0 Å². The van der Waals surface area contributed by atoms with E-state index in [4.69, 9.17) is 0 Å². The van der Waals surface area contributed by atoms with Gasteiger partial charge in [-0.3, -0.25) is 9.88 Å². The molecule has 0 spiro atoms. The molecule has 0 radical (unpaired) electrons. The van der Waals surface area contributed by atoms with E-state index < -0.39 is 0 Å². The normalized spacial score (nSPS) is 20.2. The summed E-state index contributed by atoms with van der Waals surface area (Å²) >= 11 is 0. The van der Waals surface area contributed by atoms with E-state index in [9.17, 15) is 5.11 Å². The van der Waals surface area contributed by atoms with Crippen LogP contribution in [0.4, 0.5) is 0 Å². The van der Waals surface area contributed by atoms with Crippen molar-refractivity contribution in [3.05, 3.63) is 54.4 Å². The lowest BCUT2D eigenvalue weighted by molar-refractivity contribution is 0.131. The molecule has 0 aliphatic carbocycles. The van der Waals surface area contributed by atoms with Crippen LogP contribution in [-0.2, 0) is 6.54 Å². The lowest BCUT2D eigenvalue weighted by Crippen LogP contribution is -2.31. The molecule has 1 fully saturated rings. The topological polar surface area (TPSA) is 36.4 Å². The van der Waals surface area contributed by atoms with Gasteiger partial charge in [0.05, 0.1) is 6.10 Å². The molecule has 3 nitrogen and oxygen atoms in total. The molecular formula is C19H24N2O. The number of hydrogen-bond donors (Lipinski definition) is 1. The Balaban J connectivity index is 1.73. The van der Waals surface area contributed by atoms with Gasteiger partial charge in [-0.2, -0.15) is 0 Å². The van der Waals surface area contributed by atoms with Crippen molar-refractivity contribution in [3.63, 3.8) is 0 Å². The molecule has 2 unspecified atom stereocenters. The Morgan fingerprint density at radius 2 is 2.05 bits per heavy atom. The Hall–Kier alpha value is -1.71. The van der Waals surface area contributed by atoms with Crippen LogP contribution in [0.2, 0.25) is 0 Å². The minimum absolute atomic E-state index is 0.214. The fourth-order valence-corrected chi connectivity index (χ4v) is 3.39. The van der Waals surface area contributed by atoms with Gasteiger partial charge in [-0.05, 0) is 67.6 Å². The third kappa shape index (κ3) is 3.73. The van der Waals surface area contributed by atoms with Crippen LogP contribution in [0.3, 0.4) is 0 Å². The average Bonchev–Trinajstić information content (AvgIpc) is 2.95. The molecule has 1 saturated heterocycles. The summed E-state index contributed by atoms with van der Waals surface area (Å²) in [6, 6.07) is 13.4. The first kappa shape index (κ1) is 15.2. The number of rotatable bonds is 5. The fourth-order valence-electron chi connectivity index (χ4n) is 3.39. The predicted octanol–water partition coefficient (Wildman–Crippen LogP) is 3.48. The number of pyridine rings is 1. The lowest BCUT2D eigenvalue weighted by Gasteiger charge is -2.25. The van der Waals surface area contributed by atoms with Crippen molar-refractivity contribution in [3.8, 4) is 11.1 Å². The summed E-state index contributed by atoms with van der Waals surface area (Å²) in [7, 11) is 0. The maximum Gasteiger partial charge on any atom is 0.0527 e. The molecule has 3 heteroatoms. The van der Waals surface area contributed by atoms with E-state index in [1.165, 1.54) is 29.5 Å². The van der Waals surface area contributed by atoms with Gasteiger partial charge < -0.3 is 5.11 Å². The first-order chi connectivity index (χ1) is 10.7. The number of aromatic nitrogens is 1. The summed E-state index contributed by atoms with van der Waals surface area (Å²) in [6.45, 7) is 3.99. The van der Waals surface area contributed by atoms with Gasteiger partial charge in [-0.25, -0.2) is 0 Å². The van der Waals surface area contributed by atoms with Crippen molar-refractivity contribution >= 4 is 0 Å². The van der Waals surface area contributed by atoms with Crippen molar-refractivity contribution in [2.45, 2.75) is 44.9 Å². The van der Waals surface area contributed by atoms with Crippen molar-refractivity contribution in [2.24, 2.45) is 0 Å². The molecule has 1 aliphatic rings. The average molecular weight is 296 g/mol. The number of aliphatic hydroxyl groups excluding tert-OH is 1. The highest BCUT2D eigenvalue weighted by atomic mass is 16.3. The van der Waals surface area contributed by atoms with Crippen molar-refractivity contribution in [2.75, 3.05) is 6.54 Å². The fraction of sp³-hybridized carbons (Fsp3) is 0.421. The Kier molecular flexibility index (Phi) is 4.86. The molecule has 1 aromatic carbocycles. The van der Waals surface area contributed by atoms with Crippen LogP contribution < -0.4 is 0 Å². The molecule has 1 aromatic heterocycles. The van der Waals surface area contributed by atoms with Crippen LogP contribution in [0.1, 0.15) is 31.7 Å². The third-order valence-electron chi connectivity index (χ3n) is 4.44. The monoisotopic (exact) mass is 296 g/mol. The smallest absolute Gasteiger partial charge is 0.0527 e. The summed E-state index contributed by atoms with van der Waals surface area (Å²) in [6.07, 6.45) is 6.77. The second-order valence-electron chi connectivity index (χ2n) is 6.29. The maximum atomic E-state index is 9.66. The molecule has 3 rings (SSSR count). The summed E-state index contributed by atoms with van der Waals surface area (Å²) in [5.74, 6) is 0. The number of aliphatic hydroxyl groups is 1.